The number of nitrogens with one attached hydrogen (secondary N) is 1. The van der Waals surface area contributed by atoms with E-state index in [4.69, 9.17) is 23.2 Å². The zero-order chi connectivity index (χ0) is 17.6. The SMILES string of the molecule is O=C(Nc1cccc2c1C(=O)N(CC1CC1)C2)c1c(Cl)cncc1Cl. The van der Waals surface area contributed by atoms with E-state index in [-0.39, 0.29) is 21.5 Å². The maximum Gasteiger partial charge on any atom is 0.258 e. The highest BCUT2D eigenvalue weighted by Gasteiger charge is 2.34. The standard InChI is InChI=1S/C18H15Cl2N3O2/c19-12-6-21-7-13(20)16(12)17(24)22-14-3-1-2-11-9-23(8-10-4-5-10)18(25)15(11)14/h1-3,6-7,10H,4-5,8-9H2,(H,22,24). The molecule has 0 saturated heterocycles. The highest BCUT2D eigenvalue weighted by Crippen LogP contribution is 2.35. The van der Waals surface area contributed by atoms with Crippen molar-refractivity contribution in [2.45, 2.75) is 19.4 Å². The number of aromatic nitrogens is 1. The van der Waals surface area contributed by atoms with Crippen LogP contribution in [0.4, 0.5) is 5.69 Å². The molecule has 0 atom stereocenters. The van der Waals surface area contributed by atoms with Crippen molar-refractivity contribution in [3.8, 4) is 0 Å². The smallest absolute Gasteiger partial charge is 0.258 e. The number of amides is 2. The van der Waals surface area contributed by atoms with Gasteiger partial charge in [-0.25, -0.2) is 0 Å². The highest BCUT2D eigenvalue weighted by molar-refractivity contribution is 6.40. The molecule has 1 aromatic heterocycles. The fraction of sp³-hybridized carbons (Fsp3) is 0.278. The van der Waals surface area contributed by atoms with Gasteiger partial charge in [-0.2, -0.15) is 0 Å². The Labute approximate surface area is 154 Å². The minimum atomic E-state index is -0.459. The minimum Gasteiger partial charge on any atom is -0.334 e. The molecule has 2 amide bonds. The number of fused-ring (bicyclic) bond motifs is 1. The van der Waals surface area contributed by atoms with E-state index in [9.17, 15) is 9.59 Å². The summed E-state index contributed by atoms with van der Waals surface area (Å²) in [6, 6.07) is 5.47. The summed E-state index contributed by atoms with van der Waals surface area (Å²) in [5, 5.41) is 3.11. The van der Waals surface area contributed by atoms with Crippen LogP contribution in [0.1, 0.15) is 39.1 Å². The van der Waals surface area contributed by atoms with Gasteiger partial charge in [0.05, 0.1) is 26.9 Å². The summed E-state index contributed by atoms with van der Waals surface area (Å²) in [5.41, 5.74) is 2.11. The Morgan fingerprint density at radius 3 is 2.64 bits per heavy atom. The molecular formula is C18H15Cl2N3O2. The zero-order valence-corrected chi connectivity index (χ0v) is 14.8. The fourth-order valence-electron chi connectivity index (χ4n) is 3.10. The van der Waals surface area contributed by atoms with Crippen LogP contribution in [0.3, 0.4) is 0 Å². The maximum atomic E-state index is 12.7. The van der Waals surface area contributed by atoms with Crippen molar-refractivity contribution in [2.24, 2.45) is 5.92 Å². The minimum absolute atomic E-state index is 0.0373. The normalized spacial score (nSPS) is 16.1. The number of hydrogen-bond acceptors (Lipinski definition) is 3. The molecule has 4 rings (SSSR count). The summed E-state index contributed by atoms with van der Waals surface area (Å²) >= 11 is 12.1. The van der Waals surface area contributed by atoms with Crippen LogP contribution < -0.4 is 5.32 Å². The quantitative estimate of drug-likeness (QED) is 0.877. The third-order valence-electron chi connectivity index (χ3n) is 4.52. The number of halogens is 2. The second-order valence-corrected chi connectivity index (χ2v) is 7.22. The molecular weight excluding hydrogens is 361 g/mol. The number of benzene rings is 1. The summed E-state index contributed by atoms with van der Waals surface area (Å²) < 4.78 is 0. The summed E-state index contributed by atoms with van der Waals surface area (Å²) in [4.78, 5) is 31.0. The van der Waals surface area contributed by atoms with Gasteiger partial charge < -0.3 is 10.2 Å². The lowest BCUT2D eigenvalue weighted by Gasteiger charge is -2.15. The third kappa shape index (κ3) is 3.10. The average molecular weight is 376 g/mol. The van der Waals surface area contributed by atoms with Crippen molar-refractivity contribution < 1.29 is 9.59 Å². The molecule has 0 bridgehead atoms. The van der Waals surface area contributed by atoms with Gasteiger partial charge in [0.15, 0.2) is 0 Å². The maximum absolute atomic E-state index is 12.7. The average Bonchev–Trinajstić information content (AvgIpc) is 3.32. The molecule has 1 saturated carbocycles. The van der Waals surface area contributed by atoms with E-state index >= 15 is 0 Å². The van der Waals surface area contributed by atoms with Gasteiger partial charge in [0.25, 0.3) is 11.8 Å². The van der Waals surface area contributed by atoms with Gasteiger partial charge in [0.2, 0.25) is 0 Å². The van der Waals surface area contributed by atoms with Crippen molar-refractivity contribution >= 4 is 40.7 Å². The molecule has 1 aliphatic carbocycles. The van der Waals surface area contributed by atoms with Crippen LogP contribution in [-0.4, -0.2) is 28.2 Å². The molecule has 2 aliphatic rings. The summed E-state index contributed by atoms with van der Waals surface area (Å²) in [5.74, 6) is 0.120. The van der Waals surface area contributed by atoms with Crippen LogP contribution in [-0.2, 0) is 6.54 Å². The molecule has 2 aromatic rings. The molecule has 1 N–H and O–H groups in total. The first kappa shape index (κ1) is 16.4. The Kier molecular flexibility index (Phi) is 4.13. The van der Waals surface area contributed by atoms with E-state index < -0.39 is 5.91 Å². The lowest BCUT2D eigenvalue weighted by atomic mass is 10.1. The van der Waals surface area contributed by atoms with Crippen LogP contribution >= 0.6 is 23.2 Å². The van der Waals surface area contributed by atoms with E-state index in [0.29, 0.717) is 23.7 Å². The molecule has 1 aliphatic heterocycles. The van der Waals surface area contributed by atoms with Crippen molar-refractivity contribution in [1.29, 1.82) is 0 Å². The van der Waals surface area contributed by atoms with Crippen LogP contribution in [0, 0.1) is 5.92 Å². The van der Waals surface area contributed by atoms with Gasteiger partial charge in [-0.1, -0.05) is 35.3 Å². The van der Waals surface area contributed by atoms with Gasteiger partial charge in [0, 0.05) is 25.5 Å². The first-order valence-electron chi connectivity index (χ1n) is 8.06. The van der Waals surface area contributed by atoms with Crippen LogP contribution in [0.5, 0.6) is 0 Å². The van der Waals surface area contributed by atoms with E-state index in [1.807, 2.05) is 17.0 Å². The molecule has 1 aromatic carbocycles. The van der Waals surface area contributed by atoms with Crippen LogP contribution in [0.15, 0.2) is 30.6 Å². The molecule has 128 valence electrons. The first-order chi connectivity index (χ1) is 12.0. The van der Waals surface area contributed by atoms with E-state index in [2.05, 4.69) is 10.3 Å². The predicted molar refractivity (Wildman–Crippen MR) is 96.1 cm³/mol. The third-order valence-corrected chi connectivity index (χ3v) is 5.09. The zero-order valence-electron chi connectivity index (χ0n) is 13.3. The summed E-state index contributed by atoms with van der Waals surface area (Å²) in [6.45, 7) is 1.37. The Morgan fingerprint density at radius 1 is 1.24 bits per heavy atom. The molecule has 0 spiro atoms. The number of nitrogens with zero attached hydrogens (tertiary/aromatic N) is 2. The number of rotatable bonds is 4. The topological polar surface area (TPSA) is 62.3 Å². The summed E-state index contributed by atoms with van der Waals surface area (Å²) in [7, 11) is 0. The second kappa shape index (κ2) is 6.32. The number of anilines is 1. The van der Waals surface area contributed by atoms with Crippen molar-refractivity contribution in [3.05, 3.63) is 57.3 Å². The molecule has 2 heterocycles. The van der Waals surface area contributed by atoms with Gasteiger partial charge in [-0.3, -0.25) is 14.6 Å². The Morgan fingerprint density at radius 2 is 1.96 bits per heavy atom. The monoisotopic (exact) mass is 375 g/mol. The van der Waals surface area contributed by atoms with Crippen LogP contribution in [0.25, 0.3) is 0 Å². The molecule has 0 unspecified atom stereocenters. The summed E-state index contributed by atoms with van der Waals surface area (Å²) in [6.07, 6.45) is 5.09. The van der Waals surface area contributed by atoms with Gasteiger partial charge in [0.1, 0.15) is 0 Å². The molecule has 5 nitrogen and oxygen atoms in total. The Hall–Kier alpha value is -2.11. The lowest BCUT2D eigenvalue weighted by Crippen LogP contribution is -2.26. The molecule has 25 heavy (non-hydrogen) atoms. The van der Waals surface area contributed by atoms with Crippen molar-refractivity contribution in [3.63, 3.8) is 0 Å². The predicted octanol–water partition coefficient (Wildman–Crippen LogP) is 4.01. The number of pyridine rings is 1. The van der Waals surface area contributed by atoms with E-state index in [0.717, 1.165) is 12.1 Å². The van der Waals surface area contributed by atoms with E-state index in [1.54, 1.807) is 6.07 Å². The van der Waals surface area contributed by atoms with Crippen LogP contribution in [0.2, 0.25) is 10.0 Å². The van der Waals surface area contributed by atoms with Crippen molar-refractivity contribution in [2.75, 3.05) is 11.9 Å². The largest absolute Gasteiger partial charge is 0.334 e. The first-order valence-corrected chi connectivity index (χ1v) is 8.81. The van der Waals surface area contributed by atoms with Gasteiger partial charge >= 0.3 is 0 Å². The van der Waals surface area contributed by atoms with Gasteiger partial charge in [-0.15, -0.1) is 0 Å². The second-order valence-electron chi connectivity index (χ2n) is 6.40. The Balaban J connectivity index is 1.62. The van der Waals surface area contributed by atoms with Crippen molar-refractivity contribution in [1.82, 2.24) is 9.88 Å². The molecule has 1 fully saturated rings. The van der Waals surface area contributed by atoms with Gasteiger partial charge in [-0.05, 0) is 30.4 Å². The lowest BCUT2D eigenvalue weighted by molar-refractivity contribution is 0.0772. The molecule has 7 heteroatoms. The number of carbonyl (C=O) groups excluding carboxylic acids is 2. The highest BCUT2D eigenvalue weighted by atomic mass is 35.5. The fourth-order valence-corrected chi connectivity index (χ4v) is 3.63. The number of hydrogen-bond donors (Lipinski definition) is 1. The molecule has 0 radical (unpaired) electrons. The number of carbonyl (C=O) groups is 2. The Bertz CT molecular complexity index is 860. The van der Waals surface area contributed by atoms with E-state index in [1.165, 1.54) is 25.2 Å².